The van der Waals surface area contributed by atoms with Gasteiger partial charge in [0.05, 0.1) is 11.6 Å². The normalized spacial score (nSPS) is 11.2. The maximum absolute atomic E-state index is 4.49. The van der Waals surface area contributed by atoms with Gasteiger partial charge in [0, 0.05) is 29.5 Å². The number of thiazole rings is 1. The van der Waals surface area contributed by atoms with Gasteiger partial charge in [0.2, 0.25) is 0 Å². The molecule has 2 aromatic rings. The summed E-state index contributed by atoms with van der Waals surface area (Å²) < 4.78 is 0. The highest BCUT2D eigenvalue weighted by Crippen LogP contribution is 2.14. The summed E-state index contributed by atoms with van der Waals surface area (Å²) in [5, 5.41) is 12.2. The van der Waals surface area contributed by atoms with Gasteiger partial charge in [-0.05, 0) is 50.1 Å². The van der Waals surface area contributed by atoms with Crippen LogP contribution >= 0.6 is 46.7 Å². The van der Waals surface area contributed by atoms with Gasteiger partial charge in [-0.15, -0.1) is 46.7 Å². The summed E-state index contributed by atoms with van der Waals surface area (Å²) in [6.45, 7) is 5.96. The monoisotopic (exact) mass is 464 g/mol. The van der Waals surface area contributed by atoms with E-state index in [-0.39, 0.29) is 24.0 Å². The zero-order valence-electron chi connectivity index (χ0n) is 13.9. The Hall–Kier alpha value is -0.670. The quantitative estimate of drug-likeness (QED) is 0.281. The predicted molar refractivity (Wildman–Crippen MR) is 112 cm³/mol. The maximum Gasteiger partial charge on any atom is 0.191 e. The van der Waals surface area contributed by atoms with Gasteiger partial charge in [-0.25, -0.2) is 4.98 Å². The van der Waals surface area contributed by atoms with E-state index in [1.807, 2.05) is 14.0 Å². The molecule has 2 rings (SSSR count). The molecular formula is C16H25IN4S2. The minimum absolute atomic E-state index is 0. The van der Waals surface area contributed by atoms with E-state index in [4.69, 9.17) is 0 Å². The molecule has 0 amide bonds. The number of aromatic nitrogens is 1. The highest BCUT2D eigenvalue weighted by molar-refractivity contribution is 14.0. The smallest absolute Gasteiger partial charge is 0.191 e. The fourth-order valence-electron chi connectivity index (χ4n) is 2.10. The Morgan fingerprint density at radius 1 is 1.22 bits per heavy atom. The van der Waals surface area contributed by atoms with Crippen molar-refractivity contribution in [2.75, 3.05) is 13.6 Å². The third-order valence-electron chi connectivity index (χ3n) is 3.38. The molecule has 0 atom stereocenters. The fraction of sp³-hybridized carbons (Fsp3) is 0.500. The molecule has 0 saturated heterocycles. The zero-order valence-corrected chi connectivity index (χ0v) is 17.9. The third kappa shape index (κ3) is 7.17. The van der Waals surface area contributed by atoms with Crippen LogP contribution < -0.4 is 10.6 Å². The van der Waals surface area contributed by atoms with E-state index in [2.05, 4.69) is 44.4 Å². The Balaban J connectivity index is 0.00000264. The van der Waals surface area contributed by atoms with Crippen LogP contribution in [-0.2, 0) is 13.0 Å². The second-order valence-electron chi connectivity index (χ2n) is 5.22. The molecule has 0 saturated carbocycles. The first kappa shape index (κ1) is 20.4. The van der Waals surface area contributed by atoms with Crippen LogP contribution in [0.1, 0.15) is 34.0 Å². The van der Waals surface area contributed by atoms with E-state index in [0.717, 1.165) is 44.0 Å². The first-order valence-corrected chi connectivity index (χ1v) is 9.33. The molecule has 4 nitrogen and oxygen atoms in total. The minimum Gasteiger partial charge on any atom is -0.356 e. The summed E-state index contributed by atoms with van der Waals surface area (Å²) in [5.74, 6) is 0.873. The van der Waals surface area contributed by atoms with Gasteiger partial charge in [-0.1, -0.05) is 0 Å². The molecule has 128 valence electrons. The Bertz CT molecular complexity index is 607. The molecule has 0 bridgehead atoms. The van der Waals surface area contributed by atoms with Crippen molar-refractivity contribution in [2.24, 2.45) is 4.99 Å². The standard InChI is InChI=1S/C16H24N4S2.HI/c1-12-7-9-21-14(12)10-19-16(17-3)18-8-5-4-6-15-20-13(2)11-22-15;/h7,9,11H,4-6,8,10H2,1-3H3,(H2,17,18,19);1H. The van der Waals surface area contributed by atoms with Crippen LogP contribution in [0.15, 0.2) is 21.8 Å². The molecule has 23 heavy (non-hydrogen) atoms. The molecule has 7 heteroatoms. The number of aliphatic imine (C=N–C) groups is 1. The number of hydrogen-bond acceptors (Lipinski definition) is 4. The highest BCUT2D eigenvalue weighted by atomic mass is 127. The molecular weight excluding hydrogens is 439 g/mol. The van der Waals surface area contributed by atoms with Crippen LogP contribution in [0.3, 0.4) is 0 Å². The molecule has 2 N–H and O–H groups in total. The SMILES string of the molecule is CN=C(NCCCCc1nc(C)cs1)NCc1sccc1C.I. The number of aryl methyl sites for hydroxylation is 3. The minimum atomic E-state index is 0. The van der Waals surface area contributed by atoms with E-state index < -0.39 is 0 Å². The Morgan fingerprint density at radius 2 is 2.04 bits per heavy atom. The van der Waals surface area contributed by atoms with Gasteiger partial charge in [0.1, 0.15) is 0 Å². The summed E-state index contributed by atoms with van der Waals surface area (Å²) in [4.78, 5) is 10.1. The third-order valence-corrected chi connectivity index (χ3v) is 5.43. The second-order valence-corrected chi connectivity index (χ2v) is 7.16. The number of guanidine groups is 1. The van der Waals surface area contributed by atoms with Crippen molar-refractivity contribution in [1.82, 2.24) is 15.6 Å². The average Bonchev–Trinajstić information content (AvgIpc) is 3.10. The van der Waals surface area contributed by atoms with Crippen molar-refractivity contribution < 1.29 is 0 Å². The van der Waals surface area contributed by atoms with Crippen molar-refractivity contribution in [1.29, 1.82) is 0 Å². The Labute approximate surface area is 163 Å². The predicted octanol–water partition coefficient (Wildman–Crippen LogP) is 4.13. The van der Waals surface area contributed by atoms with E-state index in [0.29, 0.717) is 0 Å². The van der Waals surface area contributed by atoms with Crippen LogP contribution in [0.25, 0.3) is 0 Å². The Kier molecular flexibility index (Phi) is 9.73. The topological polar surface area (TPSA) is 49.3 Å². The van der Waals surface area contributed by atoms with E-state index >= 15 is 0 Å². The molecule has 0 aromatic carbocycles. The van der Waals surface area contributed by atoms with Crippen LogP contribution in [0, 0.1) is 13.8 Å². The van der Waals surface area contributed by atoms with Crippen LogP contribution in [0.4, 0.5) is 0 Å². The van der Waals surface area contributed by atoms with Gasteiger partial charge < -0.3 is 10.6 Å². The number of thiophene rings is 1. The van der Waals surface area contributed by atoms with Gasteiger partial charge in [0.15, 0.2) is 5.96 Å². The number of nitrogens with zero attached hydrogens (tertiary/aromatic N) is 2. The van der Waals surface area contributed by atoms with Crippen LogP contribution in [0.5, 0.6) is 0 Å². The summed E-state index contributed by atoms with van der Waals surface area (Å²) in [7, 11) is 1.81. The number of nitrogens with one attached hydrogen (secondary N) is 2. The van der Waals surface area contributed by atoms with Crippen molar-refractivity contribution in [3.8, 4) is 0 Å². The average molecular weight is 464 g/mol. The van der Waals surface area contributed by atoms with Crippen LogP contribution in [-0.4, -0.2) is 24.5 Å². The van der Waals surface area contributed by atoms with Gasteiger partial charge in [-0.3, -0.25) is 4.99 Å². The first-order chi connectivity index (χ1) is 10.7. The molecule has 0 unspecified atom stereocenters. The van der Waals surface area contributed by atoms with Crippen molar-refractivity contribution in [3.05, 3.63) is 38.0 Å². The molecule has 0 aliphatic carbocycles. The Morgan fingerprint density at radius 3 is 2.65 bits per heavy atom. The largest absolute Gasteiger partial charge is 0.356 e. The van der Waals surface area contributed by atoms with Gasteiger partial charge >= 0.3 is 0 Å². The highest BCUT2D eigenvalue weighted by Gasteiger charge is 2.02. The summed E-state index contributed by atoms with van der Waals surface area (Å²) in [5.41, 5.74) is 2.47. The molecule has 0 aliphatic heterocycles. The van der Waals surface area contributed by atoms with Crippen LogP contribution in [0.2, 0.25) is 0 Å². The molecule has 0 fully saturated rings. The number of hydrogen-bond donors (Lipinski definition) is 2. The molecule has 0 aliphatic rings. The summed E-state index contributed by atoms with van der Waals surface area (Å²) in [6, 6.07) is 2.15. The lowest BCUT2D eigenvalue weighted by Gasteiger charge is -2.11. The van der Waals surface area contributed by atoms with E-state index in [1.54, 1.807) is 22.7 Å². The van der Waals surface area contributed by atoms with Crippen molar-refractivity contribution in [3.63, 3.8) is 0 Å². The fourth-order valence-corrected chi connectivity index (χ4v) is 3.76. The van der Waals surface area contributed by atoms with Crippen molar-refractivity contribution in [2.45, 2.75) is 39.7 Å². The first-order valence-electron chi connectivity index (χ1n) is 7.57. The van der Waals surface area contributed by atoms with E-state index in [9.17, 15) is 0 Å². The van der Waals surface area contributed by atoms with E-state index in [1.165, 1.54) is 15.4 Å². The number of rotatable bonds is 7. The number of halogens is 1. The van der Waals surface area contributed by atoms with Gasteiger partial charge in [-0.2, -0.15) is 0 Å². The molecule has 0 spiro atoms. The molecule has 0 radical (unpaired) electrons. The summed E-state index contributed by atoms with van der Waals surface area (Å²) >= 11 is 3.54. The van der Waals surface area contributed by atoms with Gasteiger partial charge in [0.25, 0.3) is 0 Å². The second kappa shape index (κ2) is 11.0. The lowest BCUT2D eigenvalue weighted by atomic mass is 10.2. The molecule has 2 aromatic heterocycles. The molecule has 2 heterocycles. The number of unbranched alkanes of at least 4 members (excludes halogenated alkanes) is 1. The maximum atomic E-state index is 4.49. The lowest BCUT2D eigenvalue weighted by molar-refractivity contribution is 0.692. The summed E-state index contributed by atoms with van der Waals surface area (Å²) in [6.07, 6.45) is 3.35. The lowest BCUT2D eigenvalue weighted by Crippen LogP contribution is -2.37. The van der Waals surface area contributed by atoms with Crippen molar-refractivity contribution >= 4 is 52.6 Å². The zero-order chi connectivity index (χ0) is 15.8.